The summed E-state index contributed by atoms with van der Waals surface area (Å²) in [5, 5.41) is 3.62. The van der Waals surface area contributed by atoms with Crippen molar-refractivity contribution in [1.29, 1.82) is 0 Å². The molecule has 2 fully saturated rings. The van der Waals surface area contributed by atoms with E-state index in [9.17, 15) is 0 Å². The Labute approximate surface area is 98.2 Å². The minimum Gasteiger partial charge on any atom is -0.312 e. The first-order valence-electron chi connectivity index (χ1n) is 6.19. The molecule has 2 rings (SSSR count). The molecule has 1 atom stereocenters. The Morgan fingerprint density at radius 1 is 1.47 bits per heavy atom. The number of rotatable bonds is 3. The predicted molar refractivity (Wildman–Crippen MR) is 68.6 cm³/mol. The van der Waals surface area contributed by atoms with Crippen molar-refractivity contribution in [3.63, 3.8) is 0 Å². The van der Waals surface area contributed by atoms with Crippen molar-refractivity contribution in [2.45, 2.75) is 32.7 Å². The smallest absolute Gasteiger partial charge is 0.0170 e. The highest BCUT2D eigenvalue weighted by atomic mass is 32.2. The molecular weight excluding hydrogens is 204 g/mol. The molecular formula is C12H24N2S. The van der Waals surface area contributed by atoms with E-state index in [4.69, 9.17) is 0 Å². The first kappa shape index (κ1) is 11.7. The summed E-state index contributed by atoms with van der Waals surface area (Å²) >= 11 is 2.10. The van der Waals surface area contributed by atoms with Gasteiger partial charge in [0.2, 0.25) is 0 Å². The maximum Gasteiger partial charge on any atom is 0.0170 e. The van der Waals surface area contributed by atoms with Crippen molar-refractivity contribution < 1.29 is 0 Å². The van der Waals surface area contributed by atoms with Crippen molar-refractivity contribution in [2.75, 3.05) is 37.7 Å². The second kappa shape index (κ2) is 5.07. The number of hydrogen-bond donors (Lipinski definition) is 1. The Morgan fingerprint density at radius 3 is 2.93 bits per heavy atom. The van der Waals surface area contributed by atoms with Gasteiger partial charge >= 0.3 is 0 Å². The van der Waals surface area contributed by atoms with E-state index in [1.165, 1.54) is 50.5 Å². The molecule has 15 heavy (non-hydrogen) atoms. The Hall–Kier alpha value is 0.270. The van der Waals surface area contributed by atoms with Crippen molar-refractivity contribution in [3.8, 4) is 0 Å². The number of likely N-dealkylation sites (tertiary alicyclic amines) is 1. The monoisotopic (exact) mass is 228 g/mol. The molecule has 0 aromatic carbocycles. The molecule has 0 aromatic rings. The molecule has 0 aliphatic carbocycles. The van der Waals surface area contributed by atoms with Crippen LogP contribution in [-0.2, 0) is 0 Å². The zero-order chi connectivity index (χ0) is 10.7. The van der Waals surface area contributed by atoms with Gasteiger partial charge in [-0.25, -0.2) is 0 Å². The Morgan fingerprint density at radius 2 is 2.33 bits per heavy atom. The molecule has 2 nitrogen and oxygen atoms in total. The van der Waals surface area contributed by atoms with E-state index in [-0.39, 0.29) is 0 Å². The van der Waals surface area contributed by atoms with E-state index in [0.29, 0.717) is 5.41 Å². The molecule has 0 spiro atoms. The van der Waals surface area contributed by atoms with E-state index < -0.39 is 0 Å². The number of thioether (sulfide) groups is 1. The van der Waals surface area contributed by atoms with Crippen molar-refractivity contribution >= 4 is 11.8 Å². The molecule has 2 aliphatic rings. The highest BCUT2D eigenvalue weighted by Crippen LogP contribution is 2.28. The summed E-state index contributed by atoms with van der Waals surface area (Å²) in [7, 11) is 0. The van der Waals surface area contributed by atoms with Crippen LogP contribution in [0.1, 0.15) is 26.7 Å². The summed E-state index contributed by atoms with van der Waals surface area (Å²) in [4.78, 5) is 2.64. The topological polar surface area (TPSA) is 15.3 Å². The van der Waals surface area contributed by atoms with Crippen LogP contribution in [0, 0.1) is 5.41 Å². The van der Waals surface area contributed by atoms with Crippen molar-refractivity contribution in [3.05, 3.63) is 0 Å². The van der Waals surface area contributed by atoms with Gasteiger partial charge in [-0.3, -0.25) is 0 Å². The van der Waals surface area contributed by atoms with E-state index in [2.05, 4.69) is 35.8 Å². The molecule has 1 unspecified atom stereocenters. The van der Waals surface area contributed by atoms with Crippen LogP contribution in [0.15, 0.2) is 0 Å². The number of nitrogens with zero attached hydrogens (tertiary/aromatic N) is 1. The summed E-state index contributed by atoms with van der Waals surface area (Å²) < 4.78 is 0. The average Bonchev–Trinajstić information content (AvgIpc) is 2.57. The molecule has 0 amide bonds. The van der Waals surface area contributed by atoms with E-state index in [1.807, 2.05) is 0 Å². The number of hydrogen-bond acceptors (Lipinski definition) is 3. The quantitative estimate of drug-likeness (QED) is 0.793. The molecule has 2 aliphatic heterocycles. The third-order valence-electron chi connectivity index (χ3n) is 3.55. The molecule has 0 bridgehead atoms. The molecule has 0 saturated carbocycles. The van der Waals surface area contributed by atoms with Crippen LogP contribution in [0.25, 0.3) is 0 Å². The average molecular weight is 228 g/mol. The fourth-order valence-electron chi connectivity index (χ4n) is 2.56. The summed E-state index contributed by atoms with van der Waals surface area (Å²) in [6.07, 6.45) is 2.71. The fraction of sp³-hybridized carbons (Fsp3) is 1.00. The van der Waals surface area contributed by atoms with Gasteiger partial charge in [0.15, 0.2) is 0 Å². The normalized spacial score (nSPS) is 32.0. The first-order valence-corrected chi connectivity index (χ1v) is 7.35. The maximum atomic E-state index is 3.62. The highest BCUT2D eigenvalue weighted by Gasteiger charge is 2.29. The maximum absolute atomic E-state index is 3.62. The van der Waals surface area contributed by atoms with Crippen LogP contribution in [0.2, 0.25) is 0 Å². The molecule has 88 valence electrons. The van der Waals surface area contributed by atoms with Crippen molar-refractivity contribution in [1.82, 2.24) is 10.2 Å². The lowest BCUT2D eigenvalue weighted by Crippen LogP contribution is -2.40. The molecule has 1 N–H and O–H groups in total. The Kier molecular flexibility index (Phi) is 3.97. The van der Waals surface area contributed by atoms with Crippen molar-refractivity contribution in [2.24, 2.45) is 5.41 Å². The third-order valence-corrected chi connectivity index (χ3v) is 4.68. The first-order chi connectivity index (χ1) is 7.16. The summed E-state index contributed by atoms with van der Waals surface area (Å²) in [6.45, 7) is 9.89. The Balaban J connectivity index is 1.65. The van der Waals surface area contributed by atoms with Gasteiger partial charge in [-0.15, -0.1) is 0 Å². The Bertz CT molecular complexity index is 200. The van der Waals surface area contributed by atoms with E-state index in [0.717, 1.165) is 6.04 Å². The molecule has 0 aromatic heterocycles. The zero-order valence-corrected chi connectivity index (χ0v) is 10.9. The highest BCUT2D eigenvalue weighted by molar-refractivity contribution is 7.99. The molecule has 0 radical (unpaired) electrons. The van der Waals surface area contributed by atoms with Gasteiger partial charge in [0.25, 0.3) is 0 Å². The lowest BCUT2D eigenvalue weighted by atomic mass is 9.93. The predicted octanol–water partition coefficient (Wildman–Crippen LogP) is 1.81. The van der Waals surface area contributed by atoms with Gasteiger partial charge in [-0.05, 0) is 31.3 Å². The lowest BCUT2D eigenvalue weighted by Gasteiger charge is -2.26. The van der Waals surface area contributed by atoms with Gasteiger partial charge in [0.1, 0.15) is 0 Å². The standard InChI is InChI=1S/C12H24N2S/c1-12(2)4-7-14(10-12)6-3-11-9-15-8-5-13-11/h11,13H,3-10H2,1-2H3. The van der Waals surface area contributed by atoms with Gasteiger partial charge in [-0.2, -0.15) is 11.8 Å². The zero-order valence-electron chi connectivity index (χ0n) is 10.1. The fourth-order valence-corrected chi connectivity index (χ4v) is 3.56. The molecule has 2 heterocycles. The summed E-state index contributed by atoms with van der Waals surface area (Å²) in [5.41, 5.74) is 0.564. The van der Waals surface area contributed by atoms with Crippen LogP contribution in [0.3, 0.4) is 0 Å². The van der Waals surface area contributed by atoms with Crippen LogP contribution < -0.4 is 5.32 Å². The molecule has 2 saturated heterocycles. The number of nitrogens with one attached hydrogen (secondary N) is 1. The van der Waals surface area contributed by atoms with Gasteiger partial charge in [-0.1, -0.05) is 13.8 Å². The minimum atomic E-state index is 0.564. The van der Waals surface area contributed by atoms with Gasteiger partial charge in [0, 0.05) is 30.6 Å². The lowest BCUT2D eigenvalue weighted by molar-refractivity contribution is 0.277. The van der Waals surface area contributed by atoms with E-state index in [1.54, 1.807) is 0 Å². The minimum absolute atomic E-state index is 0.564. The summed E-state index contributed by atoms with van der Waals surface area (Å²) in [6, 6.07) is 0.771. The second-order valence-corrected chi connectivity index (χ2v) is 6.85. The van der Waals surface area contributed by atoms with E-state index >= 15 is 0 Å². The second-order valence-electron chi connectivity index (χ2n) is 5.70. The SMILES string of the molecule is CC1(C)CCN(CCC2CSCCN2)C1. The summed E-state index contributed by atoms with van der Waals surface area (Å²) in [5.74, 6) is 2.62. The van der Waals surface area contributed by atoms with Crippen LogP contribution >= 0.6 is 11.8 Å². The largest absolute Gasteiger partial charge is 0.312 e. The van der Waals surface area contributed by atoms with Crippen LogP contribution in [0.5, 0.6) is 0 Å². The van der Waals surface area contributed by atoms with Gasteiger partial charge in [0.05, 0.1) is 0 Å². The third kappa shape index (κ3) is 3.65. The van der Waals surface area contributed by atoms with Crippen LogP contribution in [0.4, 0.5) is 0 Å². The van der Waals surface area contributed by atoms with Crippen LogP contribution in [-0.4, -0.2) is 48.6 Å². The molecule has 3 heteroatoms. The van der Waals surface area contributed by atoms with Gasteiger partial charge < -0.3 is 10.2 Å².